The predicted molar refractivity (Wildman–Crippen MR) is 123 cm³/mol. The minimum Gasteiger partial charge on any atom is -0.451 e. The molecule has 0 spiro atoms. The number of benzene rings is 2. The average Bonchev–Trinajstić information content (AvgIpc) is 3.40. The molecule has 0 saturated heterocycles. The SMILES string of the molecule is Cc1ccc(Cc2cnc(NC(=O)c3ccc(-c4ccc(Cl)c(C(F)(F)F)c4)o3)s2)cc1Cl. The van der Waals surface area contributed by atoms with Crippen molar-refractivity contribution in [1.29, 1.82) is 0 Å². The summed E-state index contributed by atoms with van der Waals surface area (Å²) in [4.78, 5) is 17.7. The number of rotatable bonds is 5. The molecule has 0 aliphatic rings. The van der Waals surface area contributed by atoms with E-state index >= 15 is 0 Å². The van der Waals surface area contributed by atoms with Gasteiger partial charge in [0.05, 0.1) is 10.6 Å². The minimum atomic E-state index is -4.60. The average molecular weight is 511 g/mol. The second-order valence-electron chi connectivity index (χ2n) is 7.20. The van der Waals surface area contributed by atoms with Crippen molar-refractivity contribution in [3.63, 3.8) is 0 Å². The van der Waals surface area contributed by atoms with Gasteiger partial charge in [-0.2, -0.15) is 13.2 Å². The third-order valence-electron chi connectivity index (χ3n) is 4.77. The molecule has 1 amide bonds. The van der Waals surface area contributed by atoms with Crippen LogP contribution in [0.4, 0.5) is 18.3 Å². The van der Waals surface area contributed by atoms with Crippen LogP contribution >= 0.6 is 34.5 Å². The number of anilines is 1. The fourth-order valence-corrected chi connectivity index (χ4v) is 4.33. The molecular weight excluding hydrogens is 496 g/mol. The lowest BCUT2D eigenvalue weighted by molar-refractivity contribution is -0.137. The summed E-state index contributed by atoms with van der Waals surface area (Å²) in [7, 11) is 0. The molecule has 4 rings (SSSR count). The highest BCUT2D eigenvalue weighted by atomic mass is 35.5. The molecule has 0 aliphatic carbocycles. The number of hydrogen-bond acceptors (Lipinski definition) is 4. The van der Waals surface area contributed by atoms with Crippen molar-refractivity contribution in [2.24, 2.45) is 0 Å². The zero-order valence-electron chi connectivity index (χ0n) is 17.0. The van der Waals surface area contributed by atoms with Crippen LogP contribution in [0.25, 0.3) is 11.3 Å². The Labute approximate surface area is 201 Å². The molecule has 0 radical (unpaired) electrons. The van der Waals surface area contributed by atoms with Crippen LogP contribution in [0.3, 0.4) is 0 Å². The quantitative estimate of drug-likeness (QED) is 0.297. The van der Waals surface area contributed by atoms with Gasteiger partial charge in [-0.25, -0.2) is 4.98 Å². The van der Waals surface area contributed by atoms with E-state index in [0.29, 0.717) is 16.6 Å². The number of halogens is 5. The van der Waals surface area contributed by atoms with E-state index in [4.69, 9.17) is 27.6 Å². The first-order chi connectivity index (χ1) is 15.6. The molecule has 0 fully saturated rings. The Balaban J connectivity index is 1.46. The van der Waals surface area contributed by atoms with Crippen LogP contribution in [0, 0.1) is 6.92 Å². The monoisotopic (exact) mass is 510 g/mol. The molecule has 0 unspecified atom stereocenters. The van der Waals surface area contributed by atoms with Gasteiger partial charge in [0.1, 0.15) is 5.76 Å². The zero-order chi connectivity index (χ0) is 23.8. The van der Waals surface area contributed by atoms with E-state index in [-0.39, 0.29) is 17.1 Å². The highest BCUT2D eigenvalue weighted by Gasteiger charge is 2.33. The molecule has 0 atom stereocenters. The Morgan fingerprint density at radius 2 is 1.88 bits per heavy atom. The maximum atomic E-state index is 13.1. The van der Waals surface area contributed by atoms with Crippen molar-refractivity contribution in [2.75, 3.05) is 5.32 Å². The normalized spacial score (nSPS) is 11.6. The Kier molecular flexibility index (Phi) is 6.52. The lowest BCUT2D eigenvalue weighted by atomic mass is 10.1. The molecule has 0 bridgehead atoms. The number of thiazole rings is 1. The summed E-state index contributed by atoms with van der Waals surface area (Å²) in [5.74, 6) is -0.514. The van der Waals surface area contributed by atoms with Gasteiger partial charge in [0.15, 0.2) is 10.9 Å². The topological polar surface area (TPSA) is 55.1 Å². The lowest BCUT2D eigenvalue weighted by Gasteiger charge is -2.09. The van der Waals surface area contributed by atoms with Gasteiger partial charge in [-0.3, -0.25) is 10.1 Å². The molecule has 4 aromatic rings. The summed E-state index contributed by atoms with van der Waals surface area (Å²) in [5.41, 5.74) is 1.18. The molecule has 170 valence electrons. The number of carbonyl (C=O) groups is 1. The van der Waals surface area contributed by atoms with E-state index < -0.39 is 22.7 Å². The van der Waals surface area contributed by atoms with Crippen LogP contribution in [-0.2, 0) is 12.6 Å². The van der Waals surface area contributed by atoms with E-state index in [1.807, 2.05) is 25.1 Å². The zero-order valence-corrected chi connectivity index (χ0v) is 19.3. The van der Waals surface area contributed by atoms with E-state index in [9.17, 15) is 18.0 Å². The van der Waals surface area contributed by atoms with E-state index in [1.165, 1.54) is 29.5 Å². The highest BCUT2D eigenvalue weighted by Crippen LogP contribution is 2.37. The van der Waals surface area contributed by atoms with Gasteiger partial charge in [-0.1, -0.05) is 35.3 Å². The fourth-order valence-electron chi connectivity index (χ4n) is 3.06. The van der Waals surface area contributed by atoms with Crippen molar-refractivity contribution < 1.29 is 22.4 Å². The maximum Gasteiger partial charge on any atom is 0.417 e. The summed E-state index contributed by atoms with van der Waals surface area (Å²) in [6.07, 6.45) is -2.34. The second kappa shape index (κ2) is 9.21. The number of alkyl halides is 3. The van der Waals surface area contributed by atoms with Crippen LogP contribution in [0.5, 0.6) is 0 Å². The number of carbonyl (C=O) groups excluding carboxylic acids is 1. The van der Waals surface area contributed by atoms with Crippen molar-refractivity contribution >= 4 is 45.6 Å². The first-order valence-electron chi connectivity index (χ1n) is 9.58. The number of aromatic nitrogens is 1. The Hall–Kier alpha value is -2.81. The molecule has 1 N–H and O–H groups in total. The maximum absolute atomic E-state index is 13.1. The summed E-state index contributed by atoms with van der Waals surface area (Å²) in [6.45, 7) is 1.93. The fraction of sp³-hybridized carbons (Fsp3) is 0.130. The number of aryl methyl sites for hydroxylation is 1. The Bertz CT molecular complexity index is 1330. The molecule has 2 aromatic heterocycles. The van der Waals surface area contributed by atoms with E-state index in [0.717, 1.165) is 28.1 Å². The third kappa shape index (κ3) is 5.40. The number of furan rings is 1. The smallest absolute Gasteiger partial charge is 0.417 e. The molecule has 33 heavy (non-hydrogen) atoms. The predicted octanol–water partition coefficient (Wildman–Crippen LogP) is 7.88. The lowest BCUT2D eigenvalue weighted by Crippen LogP contribution is -2.10. The summed E-state index contributed by atoms with van der Waals surface area (Å²) in [6, 6.07) is 12.0. The van der Waals surface area contributed by atoms with Gasteiger partial charge in [0, 0.05) is 28.1 Å². The second-order valence-corrected chi connectivity index (χ2v) is 9.13. The Morgan fingerprint density at radius 3 is 2.61 bits per heavy atom. The number of nitrogens with one attached hydrogen (secondary N) is 1. The van der Waals surface area contributed by atoms with Gasteiger partial charge >= 0.3 is 6.18 Å². The van der Waals surface area contributed by atoms with Crippen LogP contribution in [-0.4, -0.2) is 10.9 Å². The van der Waals surface area contributed by atoms with E-state index in [1.54, 1.807) is 6.20 Å². The molecule has 0 aliphatic heterocycles. The van der Waals surface area contributed by atoms with Crippen molar-refractivity contribution in [2.45, 2.75) is 19.5 Å². The minimum absolute atomic E-state index is 0.0597. The van der Waals surface area contributed by atoms with Crippen molar-refractivity contribution in [3.8, 4) is 11.3 Å². The molecular formula is C23H15Cl2F3N2O2S. The molecule has 0 saturated carbocycles. The standard InChI is InChI=1S/C23H15Cl2F3N2O2S/c1-12-2-3-13(9-18(12)25)8-15-11-29-22(33-15)30-21(31)20-7-6-19(32-20)14-4-5-17(24)16(10-14)23(26,27)28/h2-7,9-11H,8H2,1H3,(H,29,30,31). The van der Waals surface area contributed by atoms with E-state index in [2.05, 4.69) is 10.3 Å². The first kappa shape index (κ1) is 23.4. The van der Waals surface area contributed by atoms with Crippen molar-refractivity contribution in [1.82, 2.24) is 4.98 Å². The van der Waals surface area contributed by atoms with Crippen LogP contribution in [0.2, 0.25) is 10.0 Å². The molecule has 2 heterocycles. The third-order valence-corrected chi connectivity index (χ3v) is 6.42. The highest BCUT2D eigenvalue weighted by molar-refractivity contribution is 7.15. The number of hydrogen-bond donors (Lipinski definition) is 1. The van der Waals surface area contributed by atoms with Crippen LogP contribution < -0.4 is 5.32 Å². The summed E-state index contributed by atoms with van der Waals surface area (Å²) >= 11 is 13.1. The van der Waals surface area contributed by atoms with Gasteiger partial charge < -0.3 is 4.42 Å². The summed E-state index contributed by atoms with van der Waals surface area (Å²) in [5, 5.41) is 3.28. The Morgan fingerprint density at radius 1 is 1.09 bits per heavy atom. The largest absolute Gasteiger partial charge is 0.451 e. The van der Waals surface area contributed by atoms with Gasteiger partial charge in [-0.15, -0.1) is 11.3 Å². The summed E-state index contributed by atoms with van der Waals surface area (Å²) < 4.78 is 44.8. The first-order valence-corrected chi connectivity index (χ1v) is 11.2. The van der Waals surface area contributed by atoms with Gasteiger partial charge in [-0.05, 0) is 54.4 Å². The van der Waals surface area contributed by atoms with Gasteiger partial charge in [0.2, 0.25) is 0 Å². The van der Waals surface area contributed by atoms with Crippen molar-refractivity contribution in [3.05, 3.63) is 92.1 Å². The van der Waals surface area contributed by atoms with Gasteiger partial charge in [0.25, 0.3) is 5.91 Å². The van der Waals surface area contributed by atoms with Crippen LogP contribution in [0.15, 0.2) is 59.1 Å². The number of nitrogens with zero attached hydrogens (tertiary/aromatic N) is 1. The molecule has 10 heteroatoms. The number of amides is 1. The molecule has 4 nitrogen and oxygen atoms in total. The van der Waals surface area contributed by atoms with Crippen LogP contribution in [0.1, 0.15) is 32.1 Å². The molecule has 2 aromatic carbocycles.